The number of nitro benzene ring substituents is 1. The Morgan fingerprint density at radius 2 is 2.11 bits per heavy atom. The summed E-state index contributed by atoms with van der Waals surface area (Å²) in [6.45, 7) is 1.62. The molecule has 0 spiro atoms. The summed E-state index contributed by atoms with van der Waals surface area (Å²) in [5.74, 6) is -1.04. The maximum absolute atomic E-state index is 13.1. The first-order valence-electron chi connectivity index (χ1n) is 5.07. The van der Waals surface area contributed by atoms with Crippen molar-refractivity contribution in [3.63, 3.8) is 0 Å². The van der Waals surface area contributed by atoms with Gasteiger partial charge in [-0.2, -0.15) is 4.39 Å². The minimum absolute atomic E-state index is 0.113. The van der Waals surface area contributed by atoms with Crippen LogP contribution in [0, 0.1) is 15.9 Å². The molecule has 0 amide bonds. The van der Waals surface area contributed by atoms with Crippen LogP contribution in [0.15, 0.2) is 18.2 Å². The van der Waals surface area contributed by atoms with Gasteiger partial charge in [-0.3, -0.25) is 10.1 Å². The van der Waals surface area contributed by atoms with Gasteiger partial charge in [0.05, 0.1) is 10.7 Å². The predicted octanol–water partition coefficient (Wildman–Crippen LogP) is 1.58. The third kappa shape index (κ3) is 4.28. The van der Waals surface area contributed by atoms with Crippen molar-refractivity contribution in [3.05, 3.63) is 34.1 Å². The van der Waals surface area contributed by atoms with Gasteiger partial charge in [0.1, 0.15) is 9.84 Å². The number of benzene rings is 1. The Balaban J connectivity index is 2.86. The molecule has 1 atom stereocenters. The molecule has 8 heteroatoms. The van der Waals surface area contributed by atoms with Crippen LogP contribution >= 0.6 is 0 Å². The second-order valence-electron chi connectivity index (χ2n) is 4.06. The van der Waals surface area contributed by atoms with Gasteiger partial charge in [-0.15, -0.1) is 0 Å². The van der Waals surface area contributed by atoms with Crippen molar-refractivity contribution in [1.82, 2.24) is 0 Å². The molecule has 6 nitrogen and oxygen atoms in total. The second kappa shape index (κ2) is 5.30. The normalized spacial score (nSPS) is 13.1. The highest BCUT2D eigenvalue weighted by Gasteiger charge is 2.16. The molecular formula is C10H13FN2O4S. The highest BCUT2D eigenvalue weighted by Crippen LogP contribution is 2.22. The fourth-order valence-corrected chi connectivity index (χ4v) is 2.51. The molecule has 0 aliphatic rings. The van der Waals surface area contributed by atoms with Crippen LogP contribution in [0.4, 0.5) is 15.8 Å². The highest BCUT2D eigenvalue weighted by atomic mass is 32.2. The topological polar surface area (TPSA) is 89.3 Å². The van der Waals surface area contributed by atoms with Crippen LogP contribution in [0.5, 0.6) is 0 Å². The summed E-state index contributed by atoms with van der Waals surface area (Å²) in [6.07, 6.45) is 1.10. The van der Waals surface area contributed by atoms with E-state index in [1.54, 1.807) is 6.92 Å². The molecule has 18 heavy (non-hydrogen) atoms. The maximum Gasteiger partial charge on any atom is 0.306 e. The Hall–Kier alpha value is -1.70. The number of halogens is 1. The number of sulfone groups is 1. The molecule has 1 N–H and O–H groups in total. The summed E-state index contributed by atoms with van der Waals surface area (Å²) < 4.78 is 35.2. The molecule has 0 bridgehead atoms. The van der Waals surface area contributed by atoms with Crippen LogP contribution in [0.3, 0.4) is 0 Å². The molecule has 1 aromatic carbocycles. The van der Waals surface area contributed by atoms with Crippen molar-refractivity contribution in [3.8, 4) is 0 Å². The second-order valence-corrected chi connectivity index (χ2v) is 6.25. The van der Waals surface area contributed by atoms with Crippen molar-refractivity contribution >= 4 is 21.2 Å². The van der Waals surface area contributed by atoms with Crippen LogP contribution in [0.2, 0.25) is 0 Å². The Kier molecular flexibility index (Phi) is 4.23. The summed E-state index contributed by atoms with van der Waals surface area (Å²) in [5, 5.41) is 13.3. The van der Waals surface area contributed by atoms with Crippen LogP contribution in [-0.4, -0.2) is 31.4 Å². The molecule has 0 saturated heterocycles. The first-order chi connectivity index (χ1) is 8.19. The van der Waals surface area contributed by atoms with Gasteiger partial charge in [-0.1, -0.05) is 0 Å². The molecule has 0 aromatic heterocycles. The smallest absolute Gasteiger partial charge is 0.306 e. The minimum atomic E-state index is -3.15. The molecule has 0 heterocycles. The zero-order valence-electron chi connectivity index (χ0n) is 9.88. The molecule has 1 unspecified atom stereocenters. The molecule has 0 saturated carbocycles. The van der Waals surface area contributed by atoms with Gasteiger partial charge < -0.3 is 5.32 Å². The van der Waals surface area contributed by atoms with E-state index in [0.717, 1.165) is 18.4 Å². The average molecular weight is 276 g/mol. The molecule has 1 aromatic rings. The van der Waals surface area contributed by atoms with Crippen LogP contribution in [0.1, 0.15) is 6.92 Å². The van der Waals surface area contributed by atoms with E-state index < -0.39 is 32.3 Å². The summed E-state index contributed by atoms with van der Waals surface area (Å²) in [6, 6.07) is 2.90. The Morgan fingerprint density at radius 3 is 2.61 bits per heavy atom. The highest BCUT2D eigenvalue weighted by molar-refractivity contribution is 7.90. The quantitative estimate of drug-likeness (QED) is 0.651. The summed E-state index contributed by atoms with van der Waals surface area (Å²) >= 11 is 0. The Labute approximate surface area is 104 Å². The largest absolute Gasteiger partial charge is 0.381 e. The van der Waals surface area contributed by atoms with Crippen molar-refractivity contribution in [2.24, 2.45) is 0 Å². The number of rotatable bonds is 5. The van der Waals surface area contributed by atoms with Crippen LogP contribution in [-0.2, 0) is 9.84 Å². The Morgan fingerprint density at radius 1 is 1.50 bits per heavy atom. The van der Waals surface area contributed by atoms with E-state index in [9.17, 15) is 22.9 Å². The van der Waals surface area contributed by atoms with Gasteiger partial charge in [-0.05, 0) is 19.1 Å². The van der Waals surface area contributed by atoms with Gasteiger partial charge in [0.2, 0.25) is 5.82 Å². The van der Waals surface area contributed by atoms with Crippen molar-refractivity contribution in [2.45, 2.75) is 13.0 Å². The van der Waals surface area contributed by atoms with Gasteiger partial charge >= 0.3 is 5.69 Å². The van der Waals surface area contributed by atoms with Crippen molar-refractivity contribution in [2.75, 3.05) is 17.3 Å². The number of nitrogens with zero attached hydrogens (tertiary/aromatic N) is 1. The van der Waals surface area contributed by atoms with Gasteiger partial charge in [0.15, 0.2) is 0 Å². The lowest BCUT2D eigenvalue weighted by Crippen LogP contribution is -2.25. The average Bonchev–Trinajstić information content (AvgIpc) is 2.17. The summed E-state index contributed by atoms with van der Waals surface area (Å²) in [5.41, 5.74) is -0.342. The van der Waals surface area contributed by atoms with Crippen LogP contribution < -0.4 is 5.32 Å². The first-order valence-corrected chi connectivity index (χ1v) is 7.13. The van der Waals surface area contributed by atoms with E-state index in [2.05, 4.69) is 5.32 Å². The number of nitrogens with one attached hydrogen (secondary N) is 1. The first kappa shape index (κ1) is 14.4. The third-order valence-electron chi connectivity index (χ3n) is 2.11. The minimum Gasteiger partial charge on any atom is -0.381 e. The Bertz CT molecular complexity index is 559. The molecule has 1 rings (SSSR count). The maximum atomic E-state index is 13.1. The lowest BCUT2D eigenvalue weighted by molar-refractivity contribution is -0.387. The standard InChI is InChI=1S/C10H13FN2O4S/c1-7(6-18(2,16)17)12-8-3-4-9(11)10(5-8)13(14)15/h3-5,7,12H,6H2,1-2H3. The van der Waals surface area contributed by atoms with E-state index in [1.165, 1.54) is 6.07 Å². The van der Waals surface area contributed by atoms with Crippen LogP contribution in [0.25, 0.3) is 0 Å². The van der Waals surface area contributed by atoms with E-state index in [-0.39, 0.29) is 5.75 Å². The van der Waals surface area contributed by atoms with Crippen molar-refractivity contribution in [1.29, 1.82) is 0 Å². The molecular weight excluding hydrogens is 263 g/mol. The molecule has 0 aliphatic heterocycles. The SMILES string of the molecule is CC(CS(C)(=O)=O)Nc1ccc(F)c([N+](=O)[O-])c1. The zero-order chi connectivity index (χ0) is 13.9. The summed E-state index contributed by atoms with van der Waals surface area (Å²) in [4.78, 5) is 9.70. The van der Waals surface area contributed by atoms with Gasteiger partial charge in [0, 0.05) is 24.1 Å². The fraction of sp³-hybridized carbons (Fsp3) is 0.400. The molecule has 0 fully saturated rings. The van der Waals surface area contributed by atoms with E-state index >= 15 is 0 Å². The molecule has 100 valence electrons. The predicted molar refractivity (Wildman–Crippen MR) is 65.8 cm³/mol. The summed E-state index contributed by atoms with van der Waals surface area (Å²) in [7, 11) is -3.15. The van der Waals surface area contributed by atoms with E-state index in [4.69, 9.17) is 0 Å². The monoisotopic (exact) mass is 276 g/mol. The van der Waals surface area contributed by atoms with E-state index in [1.807, 2.05) is 0 Å². The van der Waals surface area contributed by atoms with Crippen molar-refractivity contribution < 1.29 is 17.7 Å². The number of hydrogen-bond donors (Lipinski definition) is 1. The molecule has 0 aliphatic carbocycles. The fourth-order valence-electron chi connectivity index (χ4n) is 1.52. The third-order valence-corrected chi connectivity index (χ3v) is 3.21. The number of nitro groups is 1. The zero-order valence-corrected chi connectivity index (χ0v) is 10.7. The number of hydrogen-bond acceptors (Lipinski definition) is 5. The lowest BCUT2D eigenvalue weighted by Gasteiger charge is -2.13. The number of anilines is 1. The lowest BCUT2D eigenvalue weighted by atomic mass is 10.2. The molecule has 0 radical (unpaired) electrons. The van der Waals surface area contributed by atoms with Gasteiger partial charge in [0.25, 0.3) is 0 Å². The van der Waals surface area contributed by atoms with Gasteiger partial charge in [-0.25, -0.2) is 8.42 Å². The van der Waals surface area contributed by atoms with E-state index in [0.29, 0.717) is 5.69 Å².